The predicted molar refractivity (Wildman–Crippen MR) is 84.4 cm³/mol. The molecule has 5 heteroatoms. The summed E-state index contributed by atoms with van der Waals surface area (Å²) >= 11 is 12.4. The molecule has 2 aromatic rings. The Bertz CT molecular complexity index is 566. The van der Waals surface area contributed by atoms with E-state index in [1.165, 1.54) is 0 Å². The van der Waals surface area contributed by atoms with Gasteiger partial charge in [-0.05, 0) is 31.0 Å². The molecule has 0 radical (unpaired) electrons. The summed E-state index contributed by atoms with van der Waals surface area (Å²) in [6, 6.07) is 5.94. The SMILES string of the molecule is CCCNC(Cc1cccc(Cl)c1Cl)c1cncn1C. The first-order valence-electron chi connectivity index (χ1n) is 6.76. The molecule has 0 amide bonds. The van der Waals surface area contributed by atoms with Crippen molar-refractivity contribution in [3.8, 4) is 0 Å². The number of aromatic nitrogens is 2. The van der Waals surface area contributed by atoms with Crippen LogP contribution in [0, 0.1) is 0 Å². The molecule has 1 heterocycles. The number of nitrogens with zero attached hydrogens (tertiary/aromatic N) is 2. The van der Waals surface area contributed by atoms with Crippen LogP contribution in [0.25, 0.3) is 0 Å². The number of imidazole rings is 1. The van der Waals surface area contributed by atoms with Crippen LogP contribution in [-0.4, -0.2) is 16.1 Å². The zero-order chi connectivity index (χ0) is 14.5. The molecule has 0 spiro atoms. The highest BCUT2D eigenvalue weighted by atomic mass is 35.5. The summed E-state index contributed by atoms with van der Waals surface area (Å²) in [5.41, 5.74) is 2.20. The molecule has 0 fully saturated rings. The number of nitrogens with one attached hydrogen (secondary N) is 1. The molecule has 108 valence electrons. The highest BCUT2D eigenvalue weighted by molar-refractivity contribution is 6.42. The third-order valence-corrected chi connectivity index (χ3v) is 4.17. The van der Waals surface area contributed by atoms with Crippen molar-refractivity contribution in [3.05, 3.63) is 52.0 Å². The Kier molecular flexibility index (Phi) is 5.46. The van der Waals surface area contributed by atoms with Gasteiger partial charge in [-0.2, -0.15) is 0 Å². The molecule has 0 saturated heterocycles. The Morgan fingerprint density at radius 2 is 2.15 bits per heavy atom. The van der Waals surface area contributed by atoms with E-state index >= 15 is 0 Å². The van der Waals surface area contributed by atoms with Crippen molar-refractivity contribution < 1.29 is 0 Å². The van der Waals surface area contributed by atoms with Crippen LogP contribution in [0.15, 0.2) is 30.7 Å². The van der Waals surface area contributed by atoms with Gasteiger partial charge in [-0.1, -0.05) is 42.3 Å². The van der Waals surface area contributed by atoms with Gasteiger partial charge in [0.15, 0.2) is 0 Å². The second-order valence-electron chi connectivity index (χ2n) is 4.85. The van der Waals surface area contributed by atoms with E-state index in [9.17, 15) is 0 Å². The molecule has 0 bridgehead atoms. The maximum absolute atomic E-state index is 6.29. The summed E-state index contributed by atoms with van der Waals surface area (Å²) in [7, 11) is 2.00. The Balaban J connectivity index is 2.24. The quantitative estimate of drug-likeness (QED) is 0.873. The summed E-state index contributed by atoms with van der Waals surface area (Å²) in [5.74, 6) is 0. The van der Waals surface area contributed by atoms with Crippen molar-refractivity contribution in [2.24, 2.45) is 7.05 Å². The second-order valence-corrected chi connectivity index (χ2v) is 5.64. The van der Waals surface area contributed by atoms with Crippen molar-refractivity contribution in [1.82, 2.24) is 14.9 Å². The van der Waals surface area contributed by atoms with E-state index in [4.69, 9.17) is 23.2 Å². The lowest BCUT2D eigenvalue weighted by molar-refractivity contribution is 0.504. The van der Waals surface area contributed by atoms with E-state index in [0.29, 0.717) is 10.0 Å². The zero-order valence-electron chi connectivity index (χ0n) is 11.7. The number of hydrogen-bond donors (Lipinski definition) is 1. The molecule has 1 aromatic heterocycles. The topological polar surface area (TPSA) is 29.9 Å². The fourth-order valence-corrected chi connectivity index (χ4v) is 2.63. The Hall–Kier alpha value is -1.03. The third kappa shape index (κ3) is 3.54. The smallest absolute Gasteiger partial charge is 0.0946 e. The number of aryl methyl sites for hydroxylation is 1. The minimum absolute atomic E-state index is 0.179. The average molecular weight is 312 g/mol. The minimum atomic E-state index is 0.179. The van der Waals surface area contributed by atoms with E-state index in [2.05, 4.69) is 17.2 Å². The standard InChI is InChI=1S/C15H19Cl2N3/c1-3-7-19-13(14-9-18-10-20(14)2)8-11-5-4-6-12(16)15(11)17/h4-6,9-10,13,19H,3,7-8H2,1-2H3. The number of halogens is 2. The molecule has 0 aliphatic carbocycles. The predicted octanol–water partition coefficient (Wildman–Crippen LogP) is 4.01. The first-order valence-corrected chi connectivity index (χ1v) is 7.51. The molecule has 20 heavy (non-hydrogen) atoms. The number of hydrogen-bond acceptors (Lipinski definition) is 2. The van der Waals surface area contributed by atoms with E-state index < -0.39 is 0 Å². The molecule has 1 N–H and O–H groups in total. The van der Waals surface area contributed by atoms with Crippen LogP contribution in [0.3, 0.4) is 0 Å². The van der Waals surface area contributed by atoms with Gasteiger partial charge in [-0.15, -0.1) is 0 Å². The average Bonchev–Trinajstić information content (AvgIpc) is 2.85. The maximum Gasteiger partial charge on any atom is 0.0946 e. The van der Waals surface area contributed by atoms with Gasteiger partial charge in [0, 0.05) is 13.2 Å². The van der Waals surface area contributed by atoms with Gasteiger partial charge in [0.05, 0.1) is 28.1 Å². The van der Waals surface area contributed by atoms with Crippen molar-refractivity contribution >= 4 is 23.2 Å². The van der Waals surface area contributed by atoms with Crippen molar-refractivity contribution in [1.29, 1.82) is 0 Å². The first kappa shape index (κ1) is 15.4. The van der Waals surface area contributed by atoms with Crippen LogP contribution in [0.5, 0.6) is 0 Å². The fourth-order valence-electron chi connectivity index (χ4n) is 2.23. The highest BCUT2D eigenvalue weighted by Gasteiger charge is 2.17. The third-order valence-electron chi connectivity index (χ3n) is 3.31. The number of benzene rings is 1. The van der Waals surface area contributed by atoms with Crippen LogP contribution < -0.4 is 5.32 Å². The van der Waals surface area contributed by atoms with Crippen LogP contribution in [0.1, 0.15) is 30.6 Å². The first-order chi connectivity index (χ1) is 9.63. The van der Waals surface area contributed by atoms with Crippen molar-refractivity contribution in [2.75, 3.05) is 6.54 Å². The maximum atomic E-state index is 6.29. The van der Waals surface area contributed by atoms with Crippen LogP contribution in [-0.2, 0) is 13.5 Å². The van der Waals surface area contributed by atoms with E-state index in [1.807, 2.05) is 42.3 Å². The molecular formula is C15H19Cl2N3. The van der Waals surface area contributed by atoms with Crippen LogP contribution in [0.4, 0.5) is 0 Å². The summed E-state index contributed by atoms with van der Waals surface area (Å²) in [6.07, 6.45) is 5.58. The van der Waals surface area contributed by atoms with Crippen LogP contribution >= 0.6 is 23.2 Å². The van der Waals surface area contributed by atoms with E-state index in [-0.39, 0.29) is 6.04 Å². The second kappa shape index (κ2) is 7.11. The minimum Gasteiger partial charge on any atom is -0.336 e. The van der Waals surface area contributed by atoms with Gasteiger partial charge in [-0.3, -0.25) is 0 Å². The summed E-state index contributed by atoms with van der Waals surface area (Å²) in [4.78, 5) is 4.20. The van der Waals surface area contributed by atoms with Gasteiger partial charge in [0.2, 0.25) is 0 Å². The molecular weight excluding hydrogens is 293 g/mol. The summed E-state index contributed by atoms with van der Waals surface area (Å²) in [5, 5.41) is 4.78. The molecule has 0 saturated carbocycles. The molecule has 0 aliphatic rings. The molecule has 1 aromatic carbocycles. The van der Waals surface area contributed by atoms with Crippen LogP contribution in [0.2, 0.25) is 10.0 Å². The fraction of sp³-hybridized carbons (Fsp3) is 0.400. The van der Waals surface area contributed by atoms with Gasteiger partial charge in [0.1, 0.15) is 0 Å². The normalized spacial score (nSPS) is 12.6. The number of rotatable bonds is 6. The largest absolute Gasteiger partial charge is 0.336 e. The van der Waals surface area contributed by atoms with E-state index in [1.54, 1.807) is 0 Å². The molecule has 1 atom stereocenters. The van der Waals surface area contributed by atoms with Crippen molar-refractivity contribution in [2.45, 2.75) is 25.8 Å². The zero-order valence-corrected chi connectivity index (χ0v) is 13.2. The van der Waals surface area contributed by atoms with Gasteiger partial charge < -0.3 is 9.88 Å². The van der Waals surface area contributed by atoms with Crippen molar-refractivity contribution in [3.63, 3.8) is 0 Å². The highest BCUT2D eigenvalue weighted by Crippen LogP contribution is 2.29. The molecule has 1 unspecified atom stereocenters. The Labute approximate surface area is 129 Å². The monoisotopic (exact) mass is 311 g/mol. The molecule has 3 nitrogen and oxygen atoms in total. The summed E-state index contributed by atoms with van der Waals surface area (Å²) in [6.45, 7) is 3.10. The Morgan fingerprint density at radius 3 is 2.80 bits per heavy atom. The lowest BCUT2D eigenvalue weighted by Gasteiger charge is -2.20. The van der Waals surface area contributed by atoms with Gasteiger partial charge in [-0.25, -0.2) is 4.98 Å². The van der Waals surface area contributed by atoms with E-state index in [0.717, 1.165) is 30.6 Å². The summed E-state index contributed by atoms with van der Waals surface area (Å²) < 4.78 is 2.03. The lowest BCUT2D eigenvalue weighted by atomic mass is 10.0. The lowest BCUT2D eigenvalue weighted by Crippen LogP contribution is -2.26. The molecule has 2 rings (SSSR count). The van der Waals surface area contributed by atoms with Gasteiger partial charge in [0.25, 0.3) is 0 Å². The Morgan fingerprint density at radius 1 is 1.35 bits per heavy atom. The van der Waals surface area contributed by atoms with Gasteiger partial charge >= 0.3 is 0 Å². The molecule has 0 aliphatic heterocycles.